The van der Waals surface area contributed by atoms with Crippen molar-refractivity contribution in [3.8, 4) is 0 Å². The van der Waals surface area contributed by atoms with Gasteiger partial charge in [0.25, 0.3) is 0 Å². The second-order valence-corrected chi connectivity index (χ2v) is 8.89. The van der Waals surface area contributed by atoms with E-state index >= 15 is 0 Å². The molecule has 1 atom stereocenters. The first-order valence-electron chi connectivity index (χ1n) is 10.7. The first-order valence-corrected chi connectivity index (χ1v) is 10.7. The number of hydrogen-bond donors (Lipinski definition) is 2. The molecule has 0 unspecified atom stereocenters. The summed E-state index contributed by atoms with van der Waals surface area (Å²) in [4.78, 5) is 28.6. The van der Waals surface area contributed by atoms with Gasteiger partial charge in [-0.2, -0.15) is 0 Å². The summed E-state index contributed by atoms with van der Waals surface area (Å²) >= 11 is 0. The molecule has 1 aliphatic carbocycles. The third kappa shape index (κ3) is 3.72. The van der Waals surface area contributed by atoms with Crippen molar-refractivity contribution in [2.24, 2.45) is 5.41 Å². The molecule has 2 aromatic rings. The predicted molar refractivity (Wildman–Crippen MR) is 120 cm³/mol. The number of fused-ring (bicyclic) bond motifs is 1. The summed E-state index contributed by atoms with van der Waals surface area (Å²) < 4.78 is 0. The van der Waals surface area contributed by atoms with Gasteiger partial charge in [0.15, 0.2) is 5.78 Å². The molecule has 0 bridgehead atoms. The zero-order valence-corrected chi connectivity index (χ0v) is 17.9. The lowest BCUT2D eigenvalue weighted by Gasteiger charge is -2.37. The Morgan fingerprint density at radius 3 is 2.53 bits per heavy atom. The first kappa shape index (κ1) is 20.2. The standard InChI is InChI=1S/C25H29N3O2/c1-4-14-26-24(30)28-20-13-9-8-12-18(20)27-19-15-25(2,3)16-21(29)22(19)23(28)17-10-6-5-7-11-17/h5-13,23,27H,4,14-16H2,1-3H3,(H,26,30)/t23-/m1/s1. The van der Waals surface area contributed by atoms with Gasteiger partial charge in [-0.25, -0.2) is 4.79 Å². The summed E-state index contributed by atoms with van der Waals surface area (Å²) in [5, 5.41) is 6.55. The number of nitrogens with zero attached hydrogens (tertiary/aromatic N) is 1. The molecule has 2 aromatic carbocycles. The highest BCUT2D eigenvalue weighted by atomic mass is 16.2. The fourth-order valence-electron chi connectivity index (χ4n) is 4.48. The number of Topliss-reactive ketones (excluding diaryl/α,β-unsaturated/α-hetero) is 1. The molecule has 0 aromatic heterocycles. The highest BCUT2D eigenvalue weighted by Crippen LogP contribution is 2.48. The van der Waals surface area contributed by atoms with Crippen molar-refractivity contribution in [3.63, 3.8) is 0 Å². The summed E-state index contributed by atoms with van der Waals surface area (Å²) in [5.74, 6) is 0.101. The maximum atomic E-state index is 13.5. The number of amides is 2. The van der Waals surface area contributed by atoms with E-state index in [0.717, 1.165) is 35.5 Å². The summed E-state index contributed by atoms with van der Waals surface area (Å²) in [6.07, 6.45) is 2.07. The number of benzene rings is 2. The second-order valence-electron chi connectivity index (χ2n) is 8.89. The van der Waals surface area contributed by atoms with E-state index in [1.54, 1.807) is 4.90 Å². The molecule has 1 heterocycles. The molecule has 5 nitrogen and oxygen atoms in total. The second kappa shape index (κ2) is 7.98. The van der Waals surface area contributed by atoms with E-state index in [1.807, 2.05) is 61.5 Å². The van der Waals surface area contributed by atoms with Gasteiger partial charge >= 0.3 is 6.03 Å². The van der Waals surface area contributed by atoms with E-state index < -0.39 is 6.04 Å². The van der Waals surface area contributed by atoms with Gasteiger partial charge < -0.3 is 10.6 Å². The summed E-state index contributed by atoms with van der Waals surface area (Å²) in [7, 11) is 0. The number of nitrogens with one attached hydrogen (secondary N) is 2. The molecule has 0 radical (unpaired) electrons. The van der Waals surface area contributed by atoms with Crippen molar-refractivity contribution >= 4 is 23.2 Å². The largest absolute Gasteiger partial charge is 0.357 e. The van der Waals surface area contributed by atoms with Crippen molar-refractivity contribution < 1.29 is 9.59 Å². The van der Waals surface area contributed by atoms with Crippen LogP contribution in [0, 0.1) is 5.41 Å². The molecule has 4 rings (SSSR count). The molecule has 30 heavy (non-hydrogen) atoms. The maximum Gasteiger partial charge on any atom is 0.322 e. The van der Waals surface area contributed by atoms with Gasteiger partial charge in [0.05, 0.1) is 17.4 Å². The average Bonchev–Trinajstić information content (AvgIpc) is 2.86. The monoisotopic (exact) mass is 403 g/mol. The fraction of sp³-hybridized carbons (Fsp3) is 0.360. The third-order valence-electron chi connectivity index (χ3n) is 5.76. The van der Waals surface area contributed by atoms with Crippen LogP contribution in [0.2, 0.25) is 0 Å². The van der Waals surface area contributed by atoms with Gasteiger partial charge in [-0.1, -0.05) is 63.2 Å². The number of ketones is 1. The van der Waals surface area contributed by atoms with Gasteiger partial charge in [-0.05, 0) is 36.0 Å². The van der Waals surface area contributed by atoms with Gasteiger partial charge in [0, 0.05) is 24.2 Å². The predicted octanol–water partition coefficient (Wildman–Crippen LogP) is 5.42. The number of rotatable bonds is 3. The van der Waals surface area contributed by atoms with E-state index in [-0.39, 0.29) is 17.2 Å². The quantitative estimate of drug-likeness (QED) is 0.719. The van der Waals surface area contributed by atoms with Crippen LogP contribution < -0.4 is 15.5 Å². The Morgan fingerprint density at radius 2 is 1.80 bits per heavy atom. The van der Waals surface area contributed by atoms with E-state index in [2.05, 4.69) is 24.5 Å². The van der Waals surface area contributed by atoms with Crippen LogP contribution in [0.1, 0.15) is 51.6 Å². The molecular formula is C25H29N3O2. The van der Waals surface area contributed by atoms with E-state index in [9.17, 15) is 9.59 Å². The molecule has 0 spiro atoms. The molecule has 1 aliphatic heterocycles. The van der Waals surface area contributed by atoms with Gasteiger partial charge in [0.2, 0.25) is 0 Å². The first-order chi connectivity index (χ1) is 14.4. The minimum absolute atomic E-state index is 0.101. The normalized spacial score (nSPS) is 20.0. The van der Waals surface area contributed by atoms with Crippen LogP contribution in [0.5, 0.6) is 0 Å². The topological polar surface area (TPSA) is 61.4 Å². The summed E-state index contributed by atoms with van der Waals surface area (Å²) in [6, 6.07) is 17.0. The Morgan fingerprint density at radius 1 is 1.10 bits per heavy atom. The number of hydrogen-bond acceptors (Lipinski definition) is 3. The molecule has 156 valence electrons. The molecule has 2 amide bonds. The Kier molecular flexibility index (Phi) is 5.37. The van der Waals surface area contributed by atoms with Gasteiger partial charge in [-0.3, -0.25) is 9.69 Å². The molecule has 0 saturated heterocycles. The van der Waals surface area contributed by atoms with E-state index in [0.29, 0.717) is 18.5 Å². The number of urea groups is 1. The van der Waals surface area contributed by atoms with Gasteiger partial charge in [0.1, 0.15) is 0 Å². The van der Waals surface area contributed by atoms with Crippen LogP contribution in [-0.2, 0) is 4.79 Å². The highest BCUT2D eigenvalue weighted by molar-refractivity contribution is 6.06. The minimum Gasteiger partial charge on any atom is -0.357 e. The maximum absolute atomic E-state index is 13.5. The summed E-state index contributed by atoms with van der Waals surface area (Å²) in [5.41, 5.74) is 4.05. The van der Waals surface area contributed by atoms with E-state index in [1.165, 1.54) is 0 Å². The van der Waals surface area contributed by atoms with Crippen LogP contribution in [0.3, 0.4) is 0 Å². The Balaban J connectivity index is 1.95. The van der Waals surface area contributed by atoms with Crippen molar-refractivity contribution in [2.45, 2.75) is 46.1 Å². The van der Waals surface area contributed by atoms with Crippen LogP contribution >= 0.6 is 0 Å². The van der Waals surface area contributed by atoms with Crippen LogP contribution in [0.25, 0.3) is 0 Å². The Bertz CT molecular complexity index is 994. The number of carbonyl (C=O) groups is 2. The molecule has 2 aliphatic rings. The molecule has 0 saturated carbocycles. The smallest absolute Gasteiger partial charge is 0.322 e. The number of anilines is 2. The van der Waals surface area contributed by atoms with Crippen LogP contribution in [0.4, 0.5) is 16.2 Å². The lowest BCUT2D eigenvalue weighted by molar-refractivity contribution is -0.118. The van der Waals surface area contributed by atoms with Crippen molar-refractivity contribution in [1.82, 2.24) is 5.32 Å². The minimum atomic E-state index is -0.474. The molecule has 2 N–H and O–H groups in total. The lowest BCUT2D eigenvalue weighted by atomic mass is 9.73. The van der Waals surface area contributed by atoms with Crippen LogP contribution in [-0.4, -0.2) is 18.4 Å². The molecular weight excluding hydrogens is 374 g/mol. The van der Waals surface area contributed by atoms with Crippen molar-refractivity contribution in [3.05, 3.63) is 71.4 Å². The zero-order chi connectivity index (χ0) is 21.3. The fourth-order valence-corrected chi connectivity index (χ4v) is 4.48. The van der Waals surface area contributed by atoms with Crippen LogP contribution in [0.15, 0.2) is 65.9 Å². The molecule has 5 heteroatoms. The lowest BCUT2D eigenvalue weighted by Crippen LogP contribution is -2.45. The Hall–Kier alpha value is -3.08. The highest BCUT2D eigenvalue weighted by Gasteiger charge is 2.43. The number of para-hydroxylation sites is 2. The number of carbonyl (C=O) groups excluding carboxylic acids is 2. The van der Waals surface area contributed by atoms with Gasteiger partial charge in [-0.15, -0.1) is 0 Å². The van der Waals surface area contributed by atoms with E-state index in [4.69, 9.17) is 0 Å². The van der Waals surface area contributed by atoms with Crippen molar-refractivity contribution in [2.75, 3.05) is 16.8 Å². The Labute approximate surface area is 178 Å². The molecule has 0 fully saturated rings. The number of allylic oxidation sites excluding steroid dienone is 1. The summed E-state index contributed by atoms with van der Waals surface area (Å²) in [6.45, 7) is 6.85. The average molecular weight is 404 g/mol. The zero-order valence-electron chi connectivity index (χ0n) is 17.9. The third-order valence-corrected chi connectivity index (χ3v) is 5.76. The van der Waals surface area contributed by atoms with Crippen molar-refractivity contribution in [1.29, 1.82) is 0 Å². The SMILES string of the molecule is CCCNC(=O)N1c2ccccc2NC2=C(C(=O)CC(C)(C)C2)[C@H]1c1ccccc1.